The zero-order valence-electron chi connectivity index (χ0n) is 11.2. The second-order valence-electron chi connectivity index (χ2n) is 4.47. The Morgan fingerprint density at radius 2 is 2.25 bits per heavy atom. The number of benzene rings is 1. The van der Waals surface area contributed by atoms with E-state index in [2.05, 4.69) is 22.7 Å². The van der Waals surface area contributed by atoms with Gasteiger partial charge in [-0.05, 0) is 18.6 Å². The van der Waals surface area contributed by atoms with Crippen molar-refractivity contribution in [1.82, 2.24) is 4.98 Å². The number of nitrogen functional groups attached to an aromatic ring is 1. The molecule has 1 aromatic carbocycles. The number of rotatable bonds is 6. The minimum Gasteiger partial charge on any atom is -0.326 e. The average molecular weight is 313 g/mol. The van der Waals surface area contributed by atoms with Crippen LogP contribution in [0.4, 0.5) is 10.8 Å². The predicted octanol–water partition coefficient (Wildman–Crippen LogP) is 3.75. The normalized spacial score (nSPS) is 10.8. The highest BCUT2D eigenvalue weighted by Gasteiger charge is 2.10. The molecule has 2 aromatic rings. The number of nitrogens with one attached hydrogen (secondary N) is 2. The number of hydrogen-bond acceptors (Lipinski definition) is 5. The molecule has 5 nitrogen and oxygen atoms in total. The fourth-order valence-corrected chi connectivity index (χ4v) is 3.04. The first-order valence-corrected chi connectivity index (χ1v) is 7.70. The fourth-order valence-electron chi connectivity index (χ4n) is 1.88. The topological polar surface area (TPSA) is 80.0 Å². The van der Waals surface area contributed by atoms with Gasteiger partial charge in [0.2, 0.25) is 5.91 Å². The van der Waals surface area contributed by atoms with Gasteiger partial charge in [0.25, 0.3) is 0 Å². The predicted molar refractivity (Wildman–Crippen MR) is 85.2 cm³/mol. The quantitative estimate of drug-likeness (QED) is 0.431. The molecule has 0 bridgehead atoms. The smallest absolute Gasteiger partial charge is 0.224 e. The molecule has 0 aliphatic heterocycles. The summed E-state index contributed by atoms with van der Waals surface area (Å²) in [7, 11) is 0. The number of aromatic nitrogens is 1. The molecule has 0 radical (unpaired) electrons. The first kappa shape index (κ1) is 15.0. The summed E-state index contributed by atoms with van der Waals surface area (Å²) >= 11 is 7.56. The zero-order valence-corrected chi connectivity index (χ0v) is 12.8. The van der Waals surface area contributed by atoms with E-state index in [1.165, 1.54) is 11.3 Å². The van der Waals surface area contributed by atoms with E-state index in [1.54, 1.807) is 6.07 Å². The van der Waals surface area contributed by atoms with Crippen molar-refractivity contribution in [3.63, 3.8) is 0 Å². The minimum absolute atomic E-state index is 0.00977. The van der Waals surface area contributed by atoms with Gasteiger partial charge in [-0.2, -0.15) is 0 Å². The maximum Gasteiger partial charge on any atom is 0.224 e. The van der Waals surface area contributed by atoms with Crippen LogP contribution in [0.2, 0.25) is 5.02 Å². The van der Waals surface area contributed by atoms with E-state index in [9.17, 15) is 4.79 Å². The largest absolute Gasteiger partial charge is 0.326 e. The summed E-state index contributed by atoms with van der Waals surface area (Å²) in [4.78, 5) is 16.0. The molecule has 7 heteroatoms. The van der Waals surface area contributed by atoms with E-state index in [-0.39, 0.29) is 5.91 Å². The molecular weight excluding hydrogens is 296 g/mol. The van der Waals surface area contributed by atoms with Crippen LogP contribution in [-0.2, 0) is 4.79 Å². The van der Waals surface area contributed by atoms with Gasteiger partial charge in [-0.15, -0.1) is 0 Å². The van der Waals surface area contributed by atoms with Crippen molar-refractivity contribution in [2.45, 2.75) is 32.6 Å². The number of halogens is 1. The standard InChI is InChI=1S/C13H17ClN4OS/c1-2-3-4-5-11(19)16-8-6-9(14)12-10(7-8)20-13(17-12)18-15/h6-7H,2-5,15H2,1H3,(H,16,19)(H,17,18). The second-order valence-corrected chi connectivity index (χ2v) is 5.91. The monoisotopic (exact) mass is 312 g/mol. The highest BCUT2D eigenvalue weighted by Crippen LogP contribution is 2.33. The SMILES string of the molecule is CCCCCC(=O)Nc1cc(Cl)c2nc(NN)sc2c1. The van der Waals surface area contributed by atoms with Gasteiger partial charge in [0, 0.05) is 12.1 Å². The van der Waals surface area contributed by atoms with Crippen LogP contribution in [-0.4, -0.2) is 10.9 Å². The van der Waals surface area contributed by atoms with Crippen LogP contribution in [0.5, 0.6) is 0 Å². The number of carbonyl (C=O) groups excluding carboxylic acids is 1. The van der Waals surface area contributed by atoms with Crippen LogP contribution >= 0.6 is 22.9 Å². The van der Waals surface area contributed by atoms with E-state index in [1.807, 2.05) is 6.07 Å². The van der Waals surface area contributed by atoms with Crippen molar-refractivity contribution >= 4 is 49.9 Å². The van der Waals surface area contributed by atoms with Crippen molar-refractivity contribution in [2.75, 3.05) is 10.7 Å². The van der Waals surface area contributed by atoms with E-state index in [0.717, 1.165) is 24.0 Å². The summed E-state index contributed by atoms with van der Waals surface area (Å²) in [6, 6.07) is 3.57. The molecule has 0 saturated carbocycles. The van der Waals surface area contributed by atoms with E-state index >= 15 is 0 Å². The molecule has 0 unspecified atom stereocenters. The molecule has 0 aliphatic rings. The van der Waals surface area contributed by atoms with Crippen molar-refractivity contribution < 1.29 is 4.79 Å². The third-order valence-corrected chi connectivity index (χ3v) is 4.08. The molecule has 0 saturated heterocycles. The van der Waals surface area contributed by atoms with Crippen molar-refractivity contribution in [3.8, 4) is 0 Å². The molecule has 1 heterocycles. The van der Waals surface area contributed by atoms with E-state index in [4.69, 9.17) is 17.4 Å². The number of hydrogen-bond donors (Lipinski definition) is 3. The highest BCUT2D eigenvalue weighted by molar-refractivity contribution is 7.22. The van der Waals surface area contributed by atoms with Crippen LogP contribution in [0.25, 0.3) is 10.2 Å². The molecule has 0 spiro atoms. The van der Waals surface area contributed by atoms with Gasteiger partial charge < -0.3 is 5.32 Å². The number of nitrogens with two attached hydrogens (primary N) is 1. The summed E-state index contributed by atoms with van der Waals surface area (Å²) in [5.74, 6) is 5.35. The lowest BCUT2D eigenvalue weighted by Gasteiger charge is -2.05. The number of carbonyl (C=O) groups is 1. The third-order valence-electron chi connectivity index (χ3n) is 2.86. The zero-order chi connectivity index (χ0) is 14.5. The molecule has 108 valence electrons. The number of hydrazine groups is 1. The first-order valence-electron chi connectivity index (χ1n) is 6.50. The molecule has 1 amide bonds. The number of fused-ring (bicyclic) bond motifs is 1. The lowest BCUT2D eigenvalue weighted by molar-refractivity contribution is -0.116. The molecule has 1 aromatic heterocycles. The van der Waals surface area contributed by atoms with Crippen molar-refractivity contribution in [3.05, 3.63) is 17.2 Å². The van der Waals surface area contributed by atoms with Crippen molar-refractivity contribution in [1.29, 1.82) is 0 Å². The Hall–Kier alpha value is -1.37. The molecule has 0 aliphatic carbocycles. The first-order chi connectivity index (χ1) is 9.63. The highest BCUT2D eigenvalue weighted by atomic mass is 35.5. The van der Waals surface area contributed by atoms with Gasteiger partial charge in [0.15, 0.2) is 5.13 Å². The Morgan fingerprint density at radius 1 is 1.45 bits per heavy atom. The number of amides is 1. The molecule has 0 atom stereocenters. The van der Waals surface area contributed by atoms with E-state index < -0.39 is 0 Å². The Morgan fingerprint density at radius 3 is 2.95 bits per heavy atom. The Balaban J connectivity index is 2.12. The van der Waals surface area contributed by atoms with Gasteiger partial charge in [0.05, 0.1) is 9.72 Å². The molecule has 2 rings (SSSR count). The summed E-state index contributed by atoms with van der Waals surface area (Å²) in [6.45, 7) is 2.11. The number of unbranched alkanes of at least 4 members (excludes halogenated alkanes) is 2. The Bertz CT molecular complexity index is 614. The minimum atomic E-state index is 0.00977. The van der Waals surface area contributed by atoms with Gasteiger partial charge in [-0.3, -0.25) is 10.2 Å². The number of thiazole rings is 1. The van der Waals surface area contributed by atoms with E-state index in [0.29, 0.717) is 27.8 Å². The van der Waals surface area contributed by atoms with Gasteiger partial charge >= 0.3 is 0 Å². The van der Waals surface area contributed by atoms with Gasteiger partial charge in [-0.25, -0.2) is 10.8 Å². The maximum atomic E-state index is 11.8. The lowest BCUT2D eigenvalue weighted by atomic mass is 10.2. The van der Waals surface area contributed by atoms with Gasteiger partial charge in [-0.1, -0.05) is 42.7 Å². The molecule has 0 fully saturated rings. The number of anilines is 2. The van der Waals surface area contributed by atoms with Gasteiger partial charge in [0.1, 0.15) is 5.52 Å². The average Bonchev–Trinajstić information content (AvgIpc) is 2.82. The van der Waals surface area contributed by atoms with Crippen LogP contribution in [0.15, 0.2) is 12.1 Å². The number of nitrogens with zero attached hydrogens (tertiary/aromatic N) is 1. The summed E-state index contributed by atoms with van der Waals surface area (Å²) < 4.78 is 0.884. The molecule has 4 N–H and O–H groups in total. The van der Waals surface area contributed by atoms with Crippen LogP contribution in [0.3, 0.4) is 0 Å². The third kappa shape index (κ3) is 3.59. The second kappa shape index (κ2) is 6.88. The van der Waals surface area contributed by atoms with Crippen LogP contribution in [0.1, 0.15) is 32.6 Å². The van der Waals surface area contributed by atoms with Crippen LogP contribution < -0.4 is 16.6 Å². The summed E-state index contributed by atoms with van der Waals surface area (Å²) in [6.07, 6.45) is 3.59. The van der Waals surface area contributed by atoms with Crippen molar-refractivity contribution in [2.24, 2.45) is 5.84 Å². The summed E-state index contributed by atoms with van der Waals surface area (Å²) in [5.41, 5.74) is 3.88. The molecular formula is C13H17ClN4OS. The van der Waals surface area contributed by atoms with Crippen LogP contribution in [0, 0.1) is 0 Å². The Labute approximate surface area is 126 Å². The molecule has 20 heavy (non-hydrogen) atoms. The lowest BCUT2D eigenvalue weighted by Crippen LogP contribution is -2.10. The maximum absolute atomic E-state index is 11.8. The fraction of sp³-hybridized carbons (Fsp3) is 0.385. The Kier molecular flexibility index (Phi) is 5.17. The summed E-state index contributed by atoms with van der Waals surface area (Å²) in [5, 5.41) is 3.96.